The van der Waals surface area contributed by atoms with E-state index in [1.165, 1.54) is 6.33 Å². The molecule has 0 aromatic carbocycles. The van der Waals surface area contributed by atoms with Gasteiger partial charge in [-0.1, -0.05) is 0 Å². The van der Waals surface area contributed by atoms with Gasteiger partial charge in [-0.3, -0.25) is 0 Å². The highest BCUT2D eigenvalue weighted by Gasteiger charge is 2.14. The molecule has 78 valence electrons. The van der Waals surface area contributed by atoms with E-state index in [0.29, 0.717) is 0 Å². The molecular weight excluding hydrogens is 244 g/mol. The van der Waals surface area contributed by atoms with Crippen LogP contribution in [0.25, 0.3) is 0 Å². The molecular formula is C9H15BrN4. The van der Waals surface area contributed by atoms with Crippen molar-refractivity contribution >= 4 is 21.7 Å². The molecule has 1 heterocycles. The fourth-order valence-electron chi connectivity index (χ4n) is 0.836. The van der Waals surface area contributed by atoms with Crippen LogP contribution in [0, 0.1) is 0 Å². The summed E-state index contributed by atoms with van der Waals surface area (Å²) < 4.78 is 0.881. The van der Waals surface area contributed by atoms with Crippen LogP contribution < -0.4 is 10.6 Å². The lowest BCUT2D eigenvalue weighted by Gasteiger charge is -2.24. The minimum Gasteiger partial charge on any atom is -0.367 e. The lowest BCUT2D eigenvalue weighted by molar-refractivity contribution is 0.447. The summed E-state index contributed by atoms with van der Waals surface area (Å²) in [7, 11) is 1.94. The number of nitrogens with zero attached hydrogens (tertiary/aromatic N) is 2. The van der Waals surface area contributed by atoms with Crippen LogP contribution in [-0.2, 0) is 0 Å². The molecule has 0 aliphatic rings. The smallest absolute Gasteiger partial charge is 0.143 e. The van der Waals surface area contributed by atoms with Gasteiger partial charge in [0.15, 0.2) is 0 Å². The maximum atomic E-state index is 4.12. The molecule has 0 aliphatic carbocycles. The van der Waals surface area contributed by atoms with Crippen molar-refractivity contribution in [3.63, 3.8) is 0 Å². The van der Waals surface area contributed by atoms with Gasteiger partial charge in [-0.2, -0.15) is 0 Å². The van der Waals surface area contributed by atoms with Crippen LogP contribution in [0.3, 0.4) is 0 Å². The SMILES string of the molecule is CNC(C)(C)CNc1ncncc1Br. The summed E-state index contributed by atoms with van der Waals surface area (Å²) >= 11 is 3.38. The lowest BCUT2D eigenvalue weighted by Crippen LogP contribution is -2.42. The van der Waals surface area contributed by atoms with E-state index in [4.69, 9.17) is 0 Å². The van der Waals surface area contributed by atoms with Gasteiger partial charge < -0.3 is 10.6 Å². The van der Waals surface area contributed by atoms with Crippen LogP contribution in [0.1, 0.15) is 13.8 Å². The number of halogens is 1. The highest BCUT2D eigenvalue weighted by molar-refractivity contribution is 9.10. The van der Waals surface area contributed by atoms with Crippen molar-refractivity contribution < 1.29 is 0 Å². The molecule has 4 nitrogen and oxygen atoms in total. The number of aromatic nitrogens is 2. The average molecular weight is 259 g/mol. The van der Waals surface area contributed by atoms with Crippen molar-refractivity contribution in [1.82, 2.24) is 15.3 Å². The predicted molar refractivity (Wildman–Crippen MR) is 61.4 cm³/mol. The Morgan fingerprint density at radius 1 is 1.50 bits per heavy atom. The molecule has 5 heteroatoms. The van der Waals surface area contributed by atoms with Gasteiger partial charge in [0.1, 0.15) is 12.1 Å². The number of nitrogens with one attached hydrogen (secondary N) is 2. The molecule has 1 aromatic heterocycles. The van der Waals surface area contributed by atoms with E-state index < -0.39 is 0 Å². The van der Waals surface area contributed by atoms with Crippen LogP contribution in [0.5, 0.6) is 0 Å². The molecule has 0 unspecified atom stereocenters. The van der Waals surface area contributed by atoms with Gasteiger partial charge >= 0.3 is 0 Å². The molecule has 0 spiro atoms. The van der Waals surface area contributed by atoms with E-state index in [1.807, 2.05) is 7.05 Å². The summed E-state index contributed by atoms with van der Waals surface area (Å²) in [5.74, 6) is 0.823. The first-order valence-corrected chi connectivity index (χ1v) is 5.23. The first-order valence-electron chi connectivity index (χ1n) is 4.43. The van der Waals surface area contributed by atoms with Gasteiger partial charge in [0.2, 0.25) is 0 Å². The van der Waals surface area contributed by atoms with Crippen LogP contribution in [0.15, 0.2) is 17.0 Å². The van der Waals surface area contributed by atoms with E-state index in [-0.39, 0.29) is 5.54 Å². The van der Waals surface area contributed by atoms with Crippen molar-refractivity contribution in [3.8, 4) is 0 Å². The molecule has 0 aliphatic heterocycles. The zero-order valence-electron chi connectivity index (χ0n) is 8.63. The van der Waals surface area contributed by atoms with Gasteiger partial charge in [-0.15, -0.1) is 0 Å². The Balaban J connectivity index is 2.58. The van der Waals surface area contributed by atoms with Crippen LogP contribution >= 0.6 is 15.9 Å². The van der Waals surface area contributed by atoms with Crippen LogP contribution in [-0.4, -0.2) is 29.1 Å². The second-order valence-corrected chi connectivity index (χ2v) is 4.56. The number of anilines is 1. The Morgan fingerprint density at radius 2 is 2.21 bits per heavy atom. The molecule has 0 fully saturated rings. The van der Waals surface area contributed by atoms with E-state index >= 15 is 0 Å². The van der Waals surface area contributed by atoms with Gasteiger partial charge in [0.05, 0.1) is 4.47 Å². The summed E-state index contributed by atoms with van der Waals surface area (Å²) in [6.07, 6.45) is 3.25. The summed E-state index contributed by atoms with van der Waals surface area (Å²) in [6, 6.07) is 0. The highest BCUT2D eigenvalue weighted by Crippen LogP contribution is 2.17. The Kier molecular flexibility index (Phi) is 3.83. The van der Waals surface area contributed by atoms with E-state index in [9.17, 15) is 0 Å². The van der Waals surface area contributed by atoms with Crippen molar-refractivity contribution in [2.24, 2.45) is 0 Å². The fraction of sp³-hybridized carbons (Fsp3) is 0.556. The lowest BCUT2D eigenvalue weighted by atomic mass is 10.1. The van der Waals surface area contributed by atoms with Crippen LogP contribution in [0.4, 0.5) is 5.82 Å². The summed E-state index contributed by atoms with van der Waals surface area (Å²) in [4.78, 5) is 8.01. The largest absolute Gasteiger partial charge is 0.367 e. The first kappa shape index (κ1) is 11.4. The molecule has 0 bridgehead atoms. The standard InChI is InChI=1S/C9H15BrN4/c1-9(2,11-3)5-13-8-7(10)4-12-6-14-8/h4,6,11H,5H2,1-3H3,(H,12,13,14). The Bertz CT molecular complexity index is 301. The van der Waals surface area contributed by atoms with Gasteiger partial charge in [-0.25, -0.2) is 9.97 Å². The van der Waals surface area contributed by atoms with Gasteiger partial charge in [0, 0.05) is 18.3 Å². The van der Waals surface area contributed by atoms with E-state index in [1.54, 1.807) is 6.20 Å². The molecule has 0 saturated carbocycles. The molecule has 1 rings (SSSR count). The average Bonchev–Trinajstić information content (AvgIpc) is 2.17. The first-order chi connectivity index (χ1) is 6.55. The van der Waals surface area contributed by atoms with Crippen molar-refractivity contribution in [2.75, 3.05) is 18.9 Å². The topological polar surface area (TPSA) is 49.8 Å². The zero-order chi connectivity index (χ0) is 10.6. The second kappa shape index (κ2) is 4.70. The summed E-state index contributed by atoms with van der Waals surface area (Å²) in [5.41, 5.74) is 0.0460. The normalized spacial score (nSPS) is 11.4. The fourth-order valence-corrected chi connectivity index (χ4v) is 1.20. The molecule has 0 radical (unpaired) electrons. The number of hydrogen-bond donors (Lipinski definition) is 2. The van der Waals surface area contributed by atoms with E-state index in [2.05, 4.69) is 50.4 Å². The molecule has 0 amide bonds. The molecule has 1 aromatic rings. The molecule has 0 atom stereocenters. The minimum absolute atomic E-state index is 0.0460. The van der Waals surface area contributed by atoms with Crippen molar-refractivity contribution in [3.05, 3.63) is 17.0 Å². The van der Waals surface area contributed by atoms with Crippen molar-refractivity contribution in [1.29, 1.82) is 0 Å². The third-order valence-electron chi connectivity index (χ3n) is 2.04. The third-order valence-corrected chi connectivity index (χ3v) is 2.62. The third kappa shape index (κ3) is 3.23. The summed E-state index contributed by atoms with van der Waals surface area (Å²) in [6.45, 7) is 5.04. The number of likely N-dealkylation sites (N-methyl/N-ethyl adjacent to an activating group) is 1. The quantitative estimate of drug-likeness (QED) is 0.863. The summed E-state index contributed by atoms with van der Waals surface area (Å²) in [5, 5.41) is 6.45. The Hall–Kier alpha value is -0.680. The molecule has 2 N–H and O–H groups in total. The predicted octanol–water partition coefficient (Wildman–Crippen LogP) is 1.65. The number of hydrogen-bond acceptors (Lipinski definition) is 4. The van der Waals surface area contributed by atoms with Gasteiger partial charge in [0.25, 0.3) is 0 Å². The van der Waals surface area contributed by atoms with E-state index in [0.717, 1.165) is 16.8 Å². The zero-order valence-corrected chi connectivity index (χ0v) is 10.2. The second-order valence-electron chi connectivity index (χ2n) is 3.71. The maximum absolute atomic E-state index is 4.12. The highest BCUT2D eigenvalue weighted by atomic mass is 79.9. The van der Waals surface area contributed by atoms with Crippen LogP contribution in [0.2, 0.25) is 0 Å². The minimum atomic E-state index is 0.0460. The Labute approximate surface area is 92.7 Å². The van der Waals surface area contributed by atoms with Crippen molar-refractivity contribution in [2.45, 2.75) is 19.4 Å². The Morgan fingerprint density at radius 3 is 2.79 bits per heavy atom. The number of rotatable bonds is 4. The molecule has 14 heavy (non-hydrogen) atoms. The molecule has 0 saturated heterocycles. The van der Waals surface area contributed by atoms with Gasteiger partial charge in [-0.05, 0) is 36.8 Å². The maximum Gasteiger partial charge on any atom is 0.143 e. The monoisotopic (exact) mass is 258 g/mol.